The number of hydrogen-bond acceptors (Lipinski definition) is 6. The molecule has 3 aromatic carbocycles. The number of nitrogens with zero attached hydrogens (tertiary/aromatic N) is 2. The lowest BCUT2D eigenvalue weighted by Gasteiger charge is -2.22. The maximum atomic E-state index is 13.2. The number of ether oxygens (including phenoxy) is 1. The molecule has 0 bridgehead atoms. The normalized spacial score (nSPS) is 15.5. The van der Waals surface area contributed by atoms with Crippen molar-refractivity contribution in [1.29, 1.82) is 0 Å². The molecule has 5 rings (SSSR count). The maximum Gasteiger partial charge on any atom is 0.323 e. The van der Waals surface area contributed by atoms with E-state index in [2.05, 4.69) is 25.9 Å². The molecule has 2 heterocycles. The Kier molecular flexibility index (Phi) is 6.67. The quantitative estimate of drug-likeness (QED) is 0.348. The van der Waals surface area contributed by atoms with Crippen LogP contribution in [0.15, 0.2) is 72.9 Å². The molecule has 9 heteroatoms. The number of rotatable bonds is 5. The summed E-state index contributed by atoms with van der Waals surface area (Å²) in [6.45, 7) is 2.15. The van der Waals surface area contributed by atoms with E-state index in [-0.39, 0.29) is 11.9 Å². The van der Waals surface area contributed by atoms with Gasteiger partial charge >= 0.3 is 6.03 Å². The first-order valence-corrected chi connectivity index (χ1v) is 11.5. The summed E-state index contributed by atoms with van der Waals surface area (Å²) in [5, 5.41) is 9.25. The summed E-state index contributed by atoms with van der Waals surface area (Å²) in [5.74, 6) is -0.184. The van der Waals surface area contributed by atoms with Crippen molar-refractivity contribution in [2.24, 2.45) is 0 Å². The number of anilines is 2. The minimum absolute atomic E-state index is 0.131. The molecule has 0 saturated carbocycles. The summed E-state index contributed by atoms with van der Waals surface area (Å²) < 4.78 is 5.75. The van der Waals surface area contributed by atoms with Crippen molar-refractivity contribution in [3.05, 3.63) is 94.8 Å². The number of nitrogens with one attached hydrogen (secondary N) is 3. The maximum absolute atomic E-state index is 13.2. The van der Waals surface area contributed by atoms with Crippen molar-refractivity contribution >= 4 is 45.8 Å². The zero-order valence-electron chi connectivity index (χ0n) is 18.6. The molecule has 2 amide bonds. The van der Waals surface area contributed by atoms with Gasteiger partial charge in [-0.1, -0.05) is 29.8 Å². The Balaban J connectivity index is 1.30. The van der Waals surface area contributed by atoms with Crippen LogP contribution in [0.3, 0.4) is 0 Å². The van der Waals surface area contributed by atoms with Crippen LogP contribution < -0.4 is 16.0 Å². The molecule has 1 unspecified atom stereocenters. The summed E-state index contributed by atoms with van der Waals surface area (Å²) in [5.41, 5.74) is 4.06. The number of fused-ring (bicyclic) bond motifs is 1. The molecular weight excluding hydrogens is 466 g/mol. The molecule has 1 aromatic heterocycles. The van der Waals surface area contributed by atoms with Crippen molar-refractivity contribution in [1.82, 2.24) is 15.3 Å². The van der Waals surface area contributed by atoms with E-state index in [1.165, 1.54) is 0 Å². The molecule has 1 aliphatic heterocycles. The predicted molar refractivity (Wildman–Crippen MR) is 135 cm³/mol. The molecule has 1 aliphatic rings. The van der Waals surface area contributed by atoms with Gasteiger partial charge in [-0.15, -0.1) is 0 Å². The van der Waals surface area contributed by atoms with Gasteiger partial charge in [0.15, 0.2) is 5.78 Å². The van der Waals surface area contributed by atoms with Crippen molar-refractivity contribution < 1.29 is 14.3 Å². The largest absolute Gasteiger partial charge is 0.369 e. The lowest BCUT2D eigenvalue weighted by Crippen LogP contribution is -2.33. The van der Waals surface area contributed by atoms with E-state index in [0.29, 0.717) is 51.7 Å². The average Bonchev–Trinajstić information content (AvgIpc) is 2.88. The fourth-order valence-corrected chi connectivity index (χ4v) is 4.03. The summed E-state index contributed by atoms with van der Waals surface area (Å²) in [6, 6.07) is 18.4. The Bertz CT molecular complexity index is 1400. The molecule has 8 nitrogen and oxygen atoms in total. The standard InChI is InChI=1S/C26H22ClN5O3/c27-18-4-2-6-20(13-18)31-26(34)30-19-5-1-3-16(11-19)25(33)17-7-8-21-22(12-17)29-14-23(32-21)24-15-28-9-10-35-24/h1-8,11-14,24,28H,9-10,15H2,(H2,30,31,34). The van der Waals surface area contributed by atoms with Gasteiger partial charge < -0.3 is 20.7 Å². The molecule has 0 aliphatic carbocycles. The van der Waals surface area contributed by atoms with Gasteiger partial charge in [0.05, 0.1) is 29.5 Å². The topological polar surface area (TPSA) is 105 Å². The Morgan fingerprint density at radius 3 is 2.49 bits per heavy atom. The number of benzene rings is 3. The Labute approximate surface area is 206 Å². The minimum atomic E-state index is -0.439. The second-order valence-corrected chi connectivity index (χ2v) is 8.50. The Morgan fingerprint density at radius 2 is 1.71 bits per heavy atom. The fourth-order valence-electron chi connectivity index (χ4n) is 3.84. The predicted octanol–water partition coefficient (Wildman–Crippen LogP) is 4.82. The van der Waals surface area contributed by atoms with Crippen LogP contribution in [-0.2, 0) is 4.74 Å². The minimum Gasteiger partial charge on any atom is -0.369 e. The molecule has 1 saturated heterocycles. The van der Waals surface area contributed by atoms with E-state index < -0.39 is 6.03 Å². The van der Waals surface area contributed by atoms with Gasteiger partial charge in [0.25, 0.3) is 0 Å². The molecule has 0 radical (unpaired) electrons. The van der Waals surface area contributed by atoms with Gasteiger partial charge in [-0.3, -0.25) is 9.78 Å². The van der Waals surface area contributed by atoms with Crippen LogP contribution in [0.4, 0.5) is 16.2 Å². The smallest absolute Gasteiger partial charge is 0.323 e. The molecule has 1 fully saturated rings. The number of urea groups is 1. The van der Waals surface area contributed by atoms with Crippen LogP contribution in [0, 0.1) is 0 Å². The number of carbonyl (C=O) groups excluding carboxylic acids is 2. The Hall–Kier alpha value is -3.85. The van der Waals surface area contributed by atoms with E-state index in [4.69, 9.17) is 16.3 Å². The molecule has 3 N–H and O–H groups in total. The van der Waals surface area contributed by atoms with Crippen molar-refractivity contribution in [3.63, 3.8) is 0 Å². The number of morpholine rings is 1. The number of halogens is 1. The summed E-state index contributed by atoms with van der Waals surface area (Å²) >= 11 is 5.96. The van der Waals surface area contributed by atoms with E-state index in [0.717, 1.165) is 12.2 Å². The van der Waals surface area contributed by atoms with Gasteiger partial charge in [-0.05, 0) is 48.5 Å². The molecule has 35 heavy (non-hydrogen) atoms. The fraction of sp³-hybridized carbons (Fsp3) is 0.154. The van der Waals surface area contributed by atoms with Crippen LogP contribution >= 0.6 is 11.6 Å². The number of carbonyl (C=O) groups is 2. The van der Waals surface area contributed by atoms with E-state index in [1.807, 2.05) is 0 Å². The van der Waals surface area contributed by atoms with Crippen LogP contribution in [-0.4, -0.2) is 41.5 Å². The summed E-state index contributed by atoms with van der Waals surface area (Å²) in [4.78, 5) is 34.7. The van der Waals surface area contributed by atoms with Crippen molar-refractivity contribution in [2.75, 3.05) is 30.3 Å². The lowest BCUT2D eigenvalue weighted by atomic mass is 10.0. The van der Waals surface area contributed by atoms with Crippen LogP contribution in [0.5, 0.6) is 0 Å². The number of ketones is 1. The number of aromatic nitrogens is 2. The SMILES string of the molecule is O=C(Nc1cccc(Cl)c1)Nc1cccc(C(=O)c2ccc3nc(C4CNCCO4)cnc3c2)c1. The first kappa shape index (κ1) is 22.9. The molecule has 0 spiro atoms. The second kappa shape index (κ2) is 10.2. The first-order chi connectivity index (χ1) is 17.0. The van der Waals surface area contributed by atoms with Gasteiger partial charge in [0.1, 0.15) is 6.10 Å². The van der Waals surface area contributed by atoms with Gasteiger partial charge in [-0.2, -0.15) is 0 Å². The highest BCUT2D eigenvalue weighted by Crippen LogP contribution is 2.22. The van der Waals surface area contributed by atoms with E-state index in [1.54, 1.807) is 72.9 Å². The zero-order valence-corrected chi connectivity index (χ0v) is 19.4. The third-order valence-corrected chi connectivity index (χ3v) is 5.78. The van der Waals surface area contributed by atoms with Gasteiger partial charge in [0, 0.05) is 40.6 Å². The van der Waals surface area contributed by atoms with Crippen LogP contribution in [0.25, 0.3) is 11.0 Å². The zero-order chi connectivity index (χ0) is 24.2. The molecule has 4 aromatic rings. The molecule has 1 atom stereocenters. The highest BCUT2D eigenvalue weighted by atomic mass is 35.5. The average molecular weight is 488 g/mol. The highest BCUT2D eigenvalue weighted by molar-refractivity contribution is 6.30. The van der Waals surface area contributed by atoms with Crippen molar-refractivity contribution in [3.8, 4) is 0 Å². The van der Waals surface area contributed by atoms with Crippen LogP contribution in [0.1, 0.15) is 27.7 Å². The van der Waals surface area contributed by atoms with Crippen molar-refractivity contribution in [2.45, 2.75) is 6.10 Å². The second-order valence-electron chi connectivity index (χ2n) is 8.06. The summed E-state index contributed by atoms with van der Waals surface area (Å²) in [6.07, 6.45) is 1.56. The number of hydrogen-bond donors (Lipinski definition) is 3. The summed E-state index contributed by atoms with van der Waals surface area (Å²) in [7, 11) is 0. The highest BCUT2D eigenvalue weighted by Gasteiger charge is 2.18. The van der Waals surface area contributed by atoms with E-state index in [9.17, 15) is 9.59 Å². The van der Waals surface area contributed by atoms with E-state index >= 15 is 0 Å². The third-order valence-electron chi connectivity index (χ3n) is 5.55. The molecular formula is C26H22ClN5O3. The molecule has 176 valence electrons. The number of amides is 2. The van der Waals surface area contributed by atoms with Gasteiger partial charge in [0.2, 0.25) is 0 Å². The van der Waals surface area contributed by atoms with Gasteiger partial charge in [-0.25, -0.2) is 9.78 Å². The van der Waals surface area contributed by atoms with Crippen LogP contribution in [0.2, 0.25) is 5.02 Å². The Morgan fingerprint density at radius 1 is 0.943 bits per heavy atom. The first-order valence-electron chi connectivity index (χ1n) is 11.1. The monoisotopic (exact) mass is 487 g/mol. The third kappa shape index (κ3) is 5.46. The lowest BCUT2D eigenvalue weighted by molar-refractivity contribution is 0.0250.